The predicted molar refractivity (Wildman–Crippen MR) is 122 cm³/mol. The fourth-order valence-electron chi connectivity index (χ4n) is 3.50. The highest BCUT2D eigenvalue weighted by molar-refractivity contribution is 6.07. The van der Waals surface area contributed by atoms with Gasteiger partial charge in [0.2, 0.25) is 5.78 Å². The minimum Gasteiger partial charge on any atom is -0.451 e. The number of carbonyl (C=O) groups is 2. The number of ketones is 1. The Hall–Kier alpha value is -3.79. The third kappa shape index (κ3) is 4.38. The second-order valence-electron chi connectivity index (χ2n) is 7.72. The van der Waals surface area contributed by atoms with Gasteiger partial charge in [-0.2, -0.15) is 0 Å². The lowest BCUT2D eigenvalue weighted by molar-refractivity contribution is 0.0320. The van der Waals surface area contributed by atoms with Crippen LogP contribution in [-0.2, 0) is 4.74 Å². The van der Waals surface area contributed by atoms with E-state index in [1.54, 1.807) is 37.3 Å². The molecule has 1 heterocycles. The fraction of sp³-hybridized carbons (Fsp3) is 0.148. The molecular formula is C27H23NO3. The number of esters is 1. The average molecular weight is 409 g/mol. The van der Waals surface area contributed by atoms with Gasteiger partial charge in [-0.3, -0.25) is 4.79 Å². The van der Waals surface area contributed by atoms with Gasteiger partial charge in [0, 0.05) is 16.5 Å². The molecule has 4 heteroatoms. The largest absolute Gasteiger partial charge is 0.451 e. The molecule has 0 radical (unpaired) electrons. The molecular weight excluding hydrogens is 386 g/mol. The van der Waals surface area contributed by atoms with E-state index in [4.69, 9.17) is 9.72 Å². The van der Waals surface area contributed by atoms with E-state index in [2.05, 4.69) is 0 Å². The SMILES string of the molecule is Cc1ccc(-c2cc(C(=O)O[C@@H](C)C(=O)c3ccccc3)c3cc(C)ccc3n2)cc1. The zero-order chi connectivity index (χ0) is 22.0. The van der Waals surface area contributed by atoms with E-state index in [0.29, 0.717) is 27.7 Å². The summed E-state index contributed by atoms with van der Waals surface area (Å²) in [5, 5.41) is 0.709. The molecule has 31 heavy (non-hydrogen) atoms. The van der Waals surface area contributed by atoms with E-state index < -0.39 is 12.1 Å². The van der Waals surface area contributed by atoms with Gasteiger partial charge in [0.15, 0.2) is 6.10 Å². The van der Waals surface area contributed by atoms with Gasteiger partial charge in [-0.1, -0.05) is 71.8 Å². The molecule has 4 aromatic rings. The Morgan fingerprint density at radius 1 is 0.839 bits per heavy atom. The first-order chi connectivity index (χ1) is 14.9. The van der Waals surface area contributed by atoms with E-state index in [1.807, 2.05) is 62.4 Å². The number of ether oxygens (including phenoxy) is 1. The molecule has 0 unspecified atom stereocenters. The summed E-state index contributed by atoms with van der Waals surface area (Å²) in [6.07, 6.45) is -0.897. The fourth-order valence-corrected chi connectivity index (χ4v) is 3.50. The Morgan fingerprint density at radius 2 is 1.52 bits per heavy atom. The molecule has 154 valence electrons. The zero-order valence-electron chi connectivity index (χ0n) is 17.8. The number of rotatable bonds is 5. The maximum absolute atomic E-state index is 13.2. The standard InChI is InChI=1S/C27H23NO3/c1-17-9-12-20(13-10-17)25-16-23(22-15-18(2)11-14-24(22)28-25)27(30)31-19(3)26(29)21-7-5-4-6-8-21/h4-16,19H,1-3H3/t19-/m0/s1. The quantitative estimate of drug-likeness (QED) is 0.302. The Morgan fingerprint density at radius 3 is 2.23 bits per heavy atom. The molecule has 0 aliphatic heterocycles. The summed E-state index contributed by atoms with van der Waals surface area (Å²) < 4.78 is 5.59. The third-order valence-electron chi connectivity index (χ3n) is 5.24. The van der Waals surface area contributed by atoms with Crippen molar-refractivity contribution in [1.29, 1.82) is 0 Å². The highest BCUT2D eigenvalue weighted by Gasteiger charge is 2.22. The first-order valence-electron chi connectivity index (χ1n) is 10.2. The highest BCUT2D eigenvalue weighted by atomic mass is 16.5. The number of carbonyl (C=O) groups excluding carboxylic acids is 2. The monoisotopic (exact) mass is 409 g/mol. The number of nitrogens with zero attached hydrogens (tertiary/aromatic N) is 1. The van der Waals surface area contributed by atoms with Gasteiger partial charge in [0.25, 0.3) is 0 Å². The summed E-state index contributed by atoms with van der Waals surface area (Å²) >= 11 is 0. The van der Waals surface area contributed by atoms with E-state index in [1.165, 1.54) is 0 Å². The maximum Gasteiger partial charge on any atom is 0.339 e. The van der Waals surface area contributed by atoms with Crippen LogP contribution >= 0.6 is 0 Å². The summed E-state index contributed by atoms with van der Waals surface area (Å²) in [4.78, 5) is 30.6. The van der Waals surface area contributed by atoms with Crippen LogP contribution in [-0.4, -0.2) is 22.8 Å². The number of hydrogen-bond acceptors (Lipinski definition) is 4. The molecule has 0 saturated carbocycles. The van der Waals surface area contributed by atoms with Crippen molar-refractivity contribution in [2.24, 2.45) is 0 Å². The molecule has 1 aromatic heterocycles. The number of benzene rings is 3. The Labute approximate surface area is 181 Å². The first-order valence-corrected chi connectivity index (χ1v) is 10.2. The molecule has 4 nitrogen and oxygen atoms in total. The van der Waals surface area contributed by atoms with Gasteiger partial charge in [-0.05, 0) is 39.0 Å². The van der Waals surface area contributed by atoms with Crippen molar-refractivity contribution in [2.45, 2.75) is 26.9 Å². The molecule has 3 aromatic carbocycles. The number of hydrogen-bond donors (Lipinski definition) is 0. The zero-order valence-corrected chi connectivity index (χ0v) is 17.8. The molecule has 0 spiro atoms. The second-order valence-corrected chi connectivity index (χ2v) is 7.72. The van der Waals surface area contributed by atoms with Crippen LogP contribution in [0.2, 0.25) is 0 Å². The van der Waals surface area contributed by atoms with E-state index >= 15 is 0 Å². The van der Waals surface area contributed by atoms with E-state index in [0.717, 1.165) is 16.7 Å². The van der Waals surface area contributed by atoms with Gasteiger partial charge in [0.05, 0.1) is 16.8 Å². The van der Waals surface area contributed by atoms with Crippen LogP contribution in [0.1, 0.15) is 38.8 Å². The van der Waals surface area contributed by atoms with Crippen molar-refractivity contribution in [1.82, 2.24) is 4.98 Å². The van der Waals surface area contributed by atoms with Crippen LogP contribution < -0.4 is 0 Å². The van der Waals surface area contributed by atoms with Crippen LogP contribution in [0.4, 0.5) is 0 Å². The third-order valence-corrected chi connectivity index (χ3v) is 5.24. The molecule has 0 N–H and O–H groups in total. The van der Waals surface area contributed by atoms with Crippen LogP contribution in [0.25, 0.3) is 22.2 Å². The molecule has 0 fully saturated rings. The van der Waals surface area contributed by atoms with Crippen LogP contribution in [0.5, 0.6) is 0 Å². The molecule has 0 amide bonds. The predicted octanol–water partition coefficient (Wildman–Crippen LogP) is 5.95. The number of Topliss-reactive ketones (excluding diaryl/α,β-unsaturated/α-hetero) is 1. The van der Waals surface area contributed by atoms with Crippen LogP contribution in [0.15, 0.2) is 78.9 Å². The molecule has 0 bridgehead atoms. The van der Waals surface area contributed by atoms with Gasteiger partial charge < -0.3 is 4.74 Å². The Bertz CT molecular complexity index is 1260. The molecule has 4 rings (SSSR count). The molecule has 0 aliphatic carbocycles. The summed E-state index contributed by atoms with van der Waals surface area (Å²) in [7, 11) is 0. The minimum absolute atomic E-state index is 0.234. The Balaban J connectivity index is 1.72. The average Bonchev–Trinajstić information content (AvgIpc) is 2.78. The summed E-state index contributed by atoms with van der Waals surface area (Å²) in [5.74, 6) is -0.773. The number of aromatic nitrogens is 1. The summed E-state index contributed by atoms with van der Waals surface area (Å²) in [6.45, 7) is 5.58. The van der Waals surface area contributed by atoms with Gasteiger partial charge in [-0.15, -0.1) is 0 Å². The Kier molecular flexibility index (Phi) is 5.63. The van der Waals surface area contributed by atoms with Crippen molar-refractivity contribution in [3.63, 3.8) is 0 Å². The van der Waals surface area contributed by atoms with Crippen LogP contribution in [0.3, 0.4) is 0 Å². The van der Waals surface area contributed by atoms with E-state index in [9.17, 15) is 9.59 Å². The lowest BCUT2D eigenvalue weighted by Crippen LogP contribution is -2.24. The first kappa shape index (κ1) is 20.5. The van der Waals surface area contributed by atoms with Crippen molar-refractivity contribution in [3.05, 3.63) is 101 Å². The second kappa shape index (κ2) is 8.52. The number of fused-ring (bicyclic) bond motifs is 1. The van der Waals surface area contributed by atoms with Crippen molar-refractivity contribution < 1.29 is 14.3 Å². The number of aryl methyl sites for hydroxylation is 2. The van der Waals surface area contributed by atoms with Crippen molar-refractivity contribution >= 4 is 22.7 Å². The van der Waals surface area contributed by atoms with Gasteiger partial charge >= 0.3 is 5.97 Å². The van der Waals surface area contributed by atoms with Crippen molar-refractivity contribution in [3.8, 4) is 11.3 Å². The summed E-state index contributed by atoms with van der Waals surface area (Å²) in [5.41, 5.74) is 5.38. The molecule has 0 aliphatic rings. The van der Waals surface area contributed by atoms with Crippen molar-refractivity contribution in [2.75, 3.05) is 0 Å². The van der Waals surface area contributed by atoms with E-state index in [-0.39, 0.29) is 5.78 Å². The number of pyridine rings is 1. The minimum atomic E-state index is -0.897. The lowest BCUT2D eigenvalue weighted by atomic mass is 10.0. The normalized spacial score (nSPS) is 11.8. The smallest absolute Gasteiger partial charge is 0.339 e. The maximum atomic E-state index is 13.2. The molecule has 1 atom stereocenters. The topological polar surface area (TPSA) is 56.3 Å². The van der Waals surface area contributed by atoms with Crippen LogP contribution in [0, 0.1) is 13.8 Å². The van der Waals surface area contributed by atoms with Gasteiger partial charge in [-0.25, -0.2) is 9.78 Å². The summed E-state index contributed by atoms with van der Waals surface area (Å²) in [6, 6.07) is 24.3. The highest BCUT2D eigenvalue weighted by Crippen LogP contribution is 2.27. The van der Waals surface area contributed by atoms with Gasteiger partial charge in [0.1, 0.15) is 0 Å². The lowest BCUT2D eigenvalue weighted by Gasteiger charge is -2.15. The molecule has 0 saturated heterocycles.